The molecule has 8 heteroatoms. The third-order valence-electron chi connectivity index (χ3n) is 4.58. The summed E-state index contributed by atoms with van der Waals surface area (Å²) in [6.07, 6.45) is 1.87. The number of rotatable bonds is 10. The summed E-state index contributed by atoms with van der Waals surface area (Å²) in [7, 11) is 1.56. The van der Waals surface area contributed by atoms with Crippen molar-refractivity contribution in [1.29, 1.82) is 0 Å². The molecule has 0 fully saturated rings. The van der Waals surface area contributed by atoms with Gasteiger partial charge in [0.1, 0.15) is 22.9 Å². The normalized spacial score (nSPS) is 10.5. The Balaban J connectivity index is 1.93. The Morgan fingerprint density at radius 1 is 1.12 bits per heavy atom. The molecule has 6 nitrogen and oxygen atoms in total. The maximum atomic E-state index is 12.6. The first kappa shape index (κ1) is 23.3. The molecule has 1 amide bonds. The van der Waals surface area contributed by atoms with Crippen LogP contribution in [0.1, 0.15) is 18.9 Å². The van der Waals surface area contributed by atoms with Gasteiger partial charge < -0.3 is 19.1 Å². The number of pyridine rings is 1. The summed E-state index contributed by atoms with van der Waals surface area (Å²) in [4.78, 5) is 18.5. The van der Waals surface area contributed by atoms with E-state index in [9.17, 15) is 9.18 Å². The first-order valence-electron chi connectivity index (χ1n) is 10.0. The van der Waals surface area contributed by atoms with Gasteiger partial charge in [0.05, 0.1) is 26.9 Å². The molecule has 0 aliphatic carbocycles. The van der Waals surface area contributed by atoms with Crippen molar-refractivity contribution in [2.75, 3.05) is 25.3 Å². The third kappa shape index (κ3) is 6.11. The van der Waals surface area contributed by atoms with Gasteiger partial charge in [-0.3, -0.25) is 9.18 Å². The molecule has 1 heterocycles. The molecule has 0 N–H and O–H groups in total. The zero-order valence-corrected chi connectivity index (χ0v) is 18.6. The summed E-state index contributed by atoms with van der Waals surface area (Å²) < 4.78 is 29.5. The Kier molecular flexibility index (Phi) is 8.27. The minimum Gasteiger partial charge on any atom is -0.497 e. The van der Waals surface area contributed by atoms with Crippen molar-refractivity contribution in [2.45, 2.75) is 19.9 Å². The molecule has 0 radical (unpaired) electrons. The van der Waals surface area contributed by atoms with Crippen LogP contribution in [-0.4, -0.2) is 31.3 Å². The number of carbonyl (C=O) groups excluding carboxylic acids is 1. The van der Waals surface area contributed by atoms with E-state index in [-0.39, 0.29) is 31.4 Å². The average Bonchev–Trinajstić information content (AvgIpc) is 2.80. The summed E-state index contributed by atoms with van der Waals surface area (Å²) in [6.45, 7) is 1.41. The van der Waals surface area contributed by atoms with Gasteiger partial charge in [0.25, 0.3) is 0 Å². The number of anilines is 1. The van der Waals surface area contributed by atoms with Crippen LogP contribution in [0.15, 0.2) is 60.8 Å². The van der Waals surface area contributed by atoms with Gasteiger partial charge in [0.15, 0.2) is 0 Å². The molecule has 3 rings (SSSR count). The van der Waals surface area contributed by atoms with E-state index in [0.29, 0.717) is 33.5 Å². The molecule has 0 spiro atoms. The first-order chi connectivity index (χ1) is 15.5. The number of methoxy groups -OCH3 is 1. The summed E-state index contributed by atoms with van der Waals surface area (Å²) in [6, 6.07) is 15.6. The number of ether oxygens (including phenoxy) is 3. The lowest BCUT2D eigenvalue weighted by Crippen LogP contribution is -2.28. The molecule has 0 saturated carbocycles. The SMILES string of the molecule is COc1ccc(OCCC[18F])c(CN(C(C)=O)c2cccnc2Oc2ccc(Cl)cc2)c1. The van der Waals surface area contributed by atoms with Crippen molar-refractivity contribution in [1.82, 2.24) is 4.98 Å². The van der Waals surface area contributed by atoms with Crippen LogP contribution in [0.4, 0.5) is 10.1 Å². The van der Waals surface area contributed by atoms with Crippen molar-refractivity contribution in [3.8, 4) is 23.1 Å². The standard InChI is InChI=1S/C24H24ClFN2O4/c1-17(29)28(16-18-15-21(30-2)10-11-23(18)31-14-4-12-26)22-5-3-13-27-24(22)32-20-8-6-19(25)7-9-20/h3,5-11,13,15H,4,12,14,16H2,1-2H3/i26-1. The van der Waals surface area contributed by atoms with E-state index in [0.717, 1.165) is 0 Å². The molecule has 1 aromatic heterocycles. The van der Waals surface area contributed by atoms with E-state index < -0.39 is 6.67 Å². The monoisotopic (exact) mass is 457 g/mol. The predicted molar refractivity (Wildman–Crippen MR) is 122 cm³/mol. The number of halogens is 2. The largest absolute Gasteiger partial charge is 0.497 e. The van der Waals surface area contributed by atoms with Gasteiger partial charge in [-0.15, -0.1) is 0 Å². The topological polar surface area (TPSA) is 60.9 Å². The Labute approximate surface area is 191 Å². The number of benzene rings is 2. The Morgan fingerprint density at radius 3 is 2.56 bits per heavy atom. The van der Waals surface area contributed by atoms with Crippen LogP contribution >= 0.6 is 11.6 Å². The highest BCUT2D eigenvalue weighted by Crippen LogP contribution is 2.34. The van der Waals surface area contributed by atoms with Crippen molar-refractivity contribution in [3.63, 3.8) is 0 Å². The number of carbonyl (C=O) groups is 1. The van der Waals surface area contributed by atoms with Crippen LogP contribution < -0.4 is 19.1 Å². The lowest BCUT2D eigenvalue weighted by Gasteiger charge is -2.24. The van der Waals surface area contributed by atoms with Crippen molar-refractivity contribution in [3.05, 3.63) is 71.4 Å². The van der Waals surface area contributed by atoms with Crippen LogP contribution in [-0.2, 0) is 11.3 Å². The highest BCUT2D eigenvalue weighted by Gasteiger charge is 2.20. The summed E-state index contributed by atoms with van der Waals surface area (Å²) in [5.41, 5.74) is 1.20. The second kappa shape index (κ2) is 11.3. The molecule has 0 atom stereocenters. The zero-order valence-electron chi connectivity index (χ0n) is 17.9. The number of hydrogen-bond acceptors (Lipinski definition) is 5. The predicted octanol–water partition coefficient (Wildman–Crippen LogP) is 5.83. The number of nitrogens with zero attached hydrogens (tertiary/aromatic N) is 2. The molecule has 32 heavy (non-hydrogen) atoms. The van der Waals surface area contributed by atoms with Crippen molar-refractivity contribution in [2.24, 2.45) is 0 Å². The smallest absolute Gasteiger partial charge is 0.243 e. The number of aromatic nitrogens is 1. The third-order valence-corrected chi connectivity index (χ3v) is 4.83. The van der Waals surface area contributed by atoms with Gasteiger partial charge in [0, 0.05) is 30.1 Å². The molecular formula is C24H24ClFN2O4. The van der Waals surface area contributed by atoms with Crippen molar-refractivity contribution >= 4 is 23.2 Å². The maximum absolute atomic E-state index is 12.6. The lowest BCUT2D eigenvalue weighted by molar-refractivity contribution is -0.116. The van der Waals surface area contributed by atoms with Gasteiger partial charge in [-0.2, -0.15) is 0 Å². The molecule has 0 aliphatic rings. The zero-order chi connectivity index (χ0) is 22.9. The highest BCUT2D eigenvalue weighted by atomic mass is 35.5. The quantitative estimate of drug-likeness (QED) is 0.358. The van der Waals surface area contributed by atoms with E-state index in [1.165, 1.54) is 11.8 Å². The molecule has 168 valence electrons. The Bertz CT molecular complexity index is 1050. The molecule has 0 saturated heterocycles. The van der Waals surface area contributed by atoms with Gasteiger partial charge >= 0.3 is 0 Å². The maximum Gasteiger partial charge on any atom is 0.243 e. The fourth-order valence-electron chi connectivity index (χ4n) is 3.00. The Morgan fingerprint density at radius 2 is 1.88 bits per heavy atom. The molecule has 0 aliphatic heterocycles. The average molecular weight is 458 g/mol. The van der Waals surface area contributed by atoms with Crippen LogP contribution in [0.2, 0.25) is 5.02 Å². The molecule has 0 bridgehead atoms. The van der Waals surface area contributed by atoms with Crippen LogP contribution in [0, 0.1) is 0 Å². The van der Waals surface area contributed by atoms with E-state index in [2.05, 4.69) is 4.98 Å². The molecule has 3 aromatic rings. The van der Waals surface area contributed by atoms with E-state index in [1.807, 2.05) is 0 Å². The Hall–Kier alpha value is -3.32. The van der Waals surface area contributed by atoms with E-state index >= 15 is 0 Å². The summed E-state index contributed by atoms with van der Waals surface area (Å²) in [5.74, 6) is 1.76. The van der Waals surface area contributed by atoms with Gasteiger partial charge in [-0.1, -0.05) is 11.6 Å². The molecular weight excluding hydrogens is 434 g/mol. The molecule has 2 aromatic carbocycles. The number of amides is 1. The van der Waals surface area contributed by atoms with Crippen LogP contribution in [0.25, 0.3) is 0 Å². The second-order valence-corrected chi connectivity index (χ2v) is 7.29. The highest BCUT2D eigenvalue weighted by molar-refractivity contribution is 6.30. The minimum absolute atomic E-state index is 0.181. The second-order valence-electron chi connectivity index (χ2n) is 6.85. The van der Waals surface area contributed by atoms with Crippen LogP contribution in [0.5, 0.6) is 23.1 Å². The van der Waals surface area contributed by atoms with E-state index in [1.54, 1.807) is 67.9 Å². The van der Waals surface area contributed by atoms with Crippen LogP contribution in [0.3, 0.4) is 0 Å². The van der Waals surface area contributed by atoms with E-state index in [4.69, 9.17) is 25.8 Å². The summed E-state index contributed by atoms with van der Waals surface area (Å²) in [5, 5.41) is 0.585. The lowest BCUT2D eigenvalue weighted by atomic mass is 10.1. The molecule has 0 unspecified atom stereocenters. The van der Waals surface area contributed by atoms with Crippen molar-refractivity contribution < 1.29 is 23.4 Å². The number of hydrogen-bond donors (Lipinski definition) is 0. The number of alkyl halides is 1. The fraction of sp³-hybridized carbons (Fsp3) is 0.250. The van der Waals surface area contributed by atoms with Gasteiger partial charge in [-0.05, 0) is 54.6 Å². The minimum atomic E-state index is -0.466. The van der Waals surface area contributed by atoms with Gasteiger partial charge in [-0.25, -0.2) is 4.98 Å². The van der Waals surface area contributed by atoms with Gasteiger partial charge in [0.2, 0.25) is 11.8 Å². The first-order valence-corrected chi connectivity index (χ1v) is 10.4. The fourth-order valence-corrected chi connectivity index (χ4v) is 3.13. The summed E-state index contributed by atoms with van der Waals surface area (Å²) >= 11 is 5.95.